The van der Waals surface area contributed by atoms with E-state index >= 15 is 0 Å². The molecule has 18 heteroatoms. The Balaban J connectivity index is 0.00000156. The van der Waals surface area contributed by atoms with E-state index in [4.69, 9.17) is 21.5 Å². The van der Waals surface area contributed by atoms with Gasteiger partial charge in [0.1, 0.15) is 0 Å². The lowest BCUT2D eigenvalue weighted by molar-refractivity contribution is -0.141. The van der Waals surface area contributed by atoms with E-state index in [0.29, 0.717) is 26.2 Å². The minimum atomic E-state index is -4.78. The first kappa shape index (κ1) is 36.0. The zero-order valence-electron chi connectivity index (χ0n) is 26.7. The van der Waals surface area contributed by atoms with E-state index in [1.165, 1.54) is 54.5 Å². The number of aromatic nitrogens is 5. The number of hydrogen-bond acceptors (Lipinski definition) is 8. The maximum atomic E-state index is 14.0. The van der Waals surface area contributed by atoms with Crippen LogP contribution in [0.2, 0.25) is 5.02 Å². The largest absolute Gasteiger partial charge is 0.483 e. The molecule has 3 N–H and O–H groups in total. The van der Waals surface area contributed by atoms with Crippen molar-refractivity contribution in [2.24, 2.45) is 13.0 Å². The molecule has 6 rings (SSSR count). The molecule has 264 valence electrons. The number of benzene rings is 1. The van der Waals surface area contributed by atoms with Crippen molar-refractivity contribution in [1.29, 1.82) is 0 Å². The van der Waals surface area contributed by atoms with Crippen LogP contribution in [-0.2, 0) is 22.8 Å². The average Bonchev–Trinajstić information content (AvgIpc) is 3.73. The van der Waals surface area contributed by atoms with Crippen molar-refractivity contribution in [2.45, 2.75) is 19.0 Å². The minimum Gasteiger partial charge on any atom is -0.483 e. The van der Waals surface area contributed by atoms with Gasteiger partial charge in [0.25, 0.3) is 18.3 Å². The van der Waals surface area contributed by atoms with E-state index in [1.54, 1.807) is 17.0 Å². The summed E-state index contributed by atoms with van der Waals surface area (Å²) in [7, 11) is 1.42. The summed E-state index contributed by atoms with van der Waals surface area (Å²) in [6, 6.07) is 9.20. The molecule has 14 nitrogen and oxygen atoms in total. The van der Waals surface area contributed by atoms with Gasteiger partial charge in [-0.2, -0.15) is 18.3 Å². The fraction of sp³-hybridized carbons (Fsp3) is 0.344. The monoisotopic (exact) mass is 715 g/mol. The molecule has 3 aromatic heterocycles. The van der Waals surface area contributed by atoms with Crippen LogP contribution < -0.4 is 10.6 Å². The highest BCUT2D eigenvalue weighted by atomic mass is 35.5. The summed E-state index contributed by atoms with van der Waals surface area (Å²) in [6.07, 6.45) is 0.635. The molecule has 2 saturated heterocycles. The van der Waals surface area contributed by atoms with E-state index in [0.717, 1.165) is 30.6 Å². The number of pyridine rings is 1. The number of carbonyl (C=O) groups excluding carboxylic acids is 3. The number of anilines is 1. The topological polar surface area (TPSA) is 168 Å². The number of imidazole rings is 1. The molecule has 0 unspecified atom stereocenters. The lowest BCUT2D eigenvalue weighted by Crippen LogP contribution is -2.52. The molecule has 50 heavy (non-hydrogen) atoms. The van der Waals surface area contributed by atoms with Crippen LogP contribution >= 0.6 is 11.6 Å². The van der Waals surface area contributed by atoms with Crippen LogP contribution in [0.3, 0.4) is 0 Å². The summed E-state index contributed by atoms with van der Waals surface area (Å²) in [6.45, 7) is 3.05. The number of halogens is 4. The molecule has 2 aliphatic rings. The average molecular weight is 716 g/mol. The van der Waals surface area contributed by atoms with Crippen LogP contribution in [0.4, 0.5) is 18.9 Å². The normalized spacial score (nSPS) is 15.2. The number of amides is 3. The van der Waals surface area contributed by atoms with E-state index in [1.807, 2.05) is 4.90 Å². The molecule has 4 aromatic rings. The second-order valence-corrected chi connectivity index (χ2v) is 11.9. The Kier molecular flexibility index (Phi) is 11.2. The van der Waals surface area contributed by atoms with E-state index in [-0.39, 0.29) is 63.4 Å². The fourth-order valence-electron chi connectivity index (χ4n) is 5.83. The summed E-state index contributed by atoms with van der Waals surface area (Å²) >= 11 is 6.47. The summed E-state index contributed by atoms with van der Waals surface area (Å²) in [4.78, 5) is 59.3. The van der Waals surface area contributed by atoms with Gasteiger partial charge in [0, 0.05) is 57.2 Å². The number of piperazine rings is 1. The van der Waals surface area contributed by atoms with Crippen molar-refractivity contribution < 1.29 is 37.5 Å². The Hall–Kier alpha value is -5.29. The summed E-state index contributed by atoms with van der Waals surface area (Å²) in [5.74, 6) is -0.810. The van der Waals surface area contributed by atoms with Crippen LogP contribution in [-0.4, -0.2) is 103 Å². The highest BCUT2D eigenvalue weighted by molar-refractivity contribution is 6.34. The molecule has 2 fully saturated rings. The van der Waals surface area contributed by atoms with Crippen molar-refractivity contribution in [1.82, 2.24) is 39.4 Å². The molecule has 5 heterocycles. The standard InChI is InChI=1S/C31H31ClF3N9O3.CH2O2/c1-41-24(22-18-44(25-4-2-3-9-37-25)40-26(22)31(33,34)35)17-38-27(41)28(45)39-20-5-6-21(23(32)16-20)30(47)43-14-12-42(13-15-43)29(46)19-7-10-36-11-8-19;2-1-3/h2-6,9,16-19,36H,7-8,10-15H2,1H3,(H,39,45);1H,(H,2,3). The zero-order chi connectivity index (χ0) is 36.0. The van der Waals surface area contributed by atoms with E-state index in [2.05, 4.69) is 25.7 Å². The molecule has 0 aliphatic carbocycles. The third-order valence-electron chi connectivity index (χ3n) is 8.36. The third-order valence-corrected chi connectivity index (χ3v) is 8.67. The number of piperidine rings is 1. The van der Waals surface area contributed by atoms with Crippen molar-refractivity contribution in [3.63, 3.8) is 0 Å². The Morgan fingerprint density at radius 3 is 2.34 bits per heavy atom. The van der Waals surface area contributed by atoms with Gasteiger partial charge in [0.15, 0.2) is 17.3 Å². The Bertz CT molecular complexity index is 1850. The number of rotatable bonds is 6. The molecule has 0 spiro atoms. The number of carbonyl (C=O) groups is 4. The maximum Gasteiger partial charge on any atom is 0.435 e. The molecule has 0 radical (unpaired) electrons. The van der Waals surface area contributed by atoms with Gasteiger partial charge in [-0.25, -0.2) is 14.6 Å². The van der Waals surface area contributed by atoms with Gasteiger partial charge in [-0.1, -0.05) is 17.7 Å². The van der Waals surface area contributed by atoms with Crippen molar-refractivity contribution in [2.75, 3.05) is 44.6 Å². The SMILES string of the molecule is Cn1c(-c2cn(-c3ccccn3)nc2C(F)(F)F)cnc1C(=O)Nc1ccc(C(=O)N2CCN(C(=O)C3CCNCC3)CC2)c(Cl)c1.O=CO. The smallest absolute Gasteiger partial charge is 0.435 e. The first-order chi connectivity index (χ1) is 23.9. The maximum absolute atomic E-state index is 14.0. The molecule has 0 saturated carbocycles. The number of nitrogens with zero attached hydrogens (tertiary/aromatic N) is 7. The second kappa shape index (κ2) is 15.5. The molecular formula is C32H33ClF3N9O5. The molecule has 3 amide bonds. The summed E-state index contributed by atoms with van der Waals surface area (Å²) in [5.41, 5.74) is -0.912. The predicted octanol–water partition coefficient (Wildman–Crippen LogP) is 3.58. The molecule has 0 bridgehead atoms. The Morgan fingerprint density at radius 1 is 1.04 bits per heavy atom. The van der Waals surface area contributed by atoms with Crippen LogP contribution in [0.15, 0.2) is 55.0 Å². The van der Waals surface area contributed by atoms with Gasteiger partial charge in [-0.05, 0) is 56.3 Å². The summed E-state index contributed by atoms with van der Waals surface area (Å²) < 4.78 is 44.1. The first-order valence-electron chi connectivity index (χ1n) is 15.5. The number of carboxylic acid groups (broad SMARTS) is 1. The summed E-state index contributed by atoms with van der Waals surface area (Å²) in [5, 5.41) is 16.6. The lowest BCUT2D eigenvalue weighted by Gasteiger charge is -2.37. The molecule has 0 atom stereocenters. The van der Waals surface area contributed by atoms with Gasteiger partial charge < -0.3 is 30.1 Å². The van der Waals surface area contributed by atoms with E-state index < -0.39 is 17.8 Å². The zero-order valence-corrected chi connectivity index (χ0v) is 27.5. The van der Waals surface area contributed by atoms with Crippen molar-refractivity contribution in [3.8, 4) is 17.1 Å². The lowest BCUT2D eigenvalue weighted by atomic mass is 9.96. The second-order valence-electron chi connectivity index (χ2n) is 11.4. The molecule has 1 aromatic carbocycles. The number of alkyl halides is 3. The molecule has 2 aliphatic heterocycles. The highest BCUT2D eigenvalue weighted by Gasteiger charge is 2.39. The number of nitrogens with one attached hydrogen (secondary N) is 2. The Morgan fingerprint density at radius 2 is 1.72 bits per heavy atom. The first-order valence-corrected chi connectivity index (χ1v) is 15.9. The minimum absolute atomic E-state index is 0.0150. The van der Waals surface area contributed by atoms with Gasteiger partial charge in [0.2, 0.25) is 5.91 Å². The van der Waals surface area contributed by atoms with E-state index in [9.17, 15) is 27.6 Å². The van der Waals surface area contributed by atoms with Crippen LogP contribution in [0.25, 0.3) is 17.1 Å². The Labute approximate surface area is 288 Å². The van der Waals surface area contributed by atoms with Crippen LogP contribution in [0.5, 0.6) is 0 Å². The van der Waals surface area contributed by atoms with Gasteiger partial charge in [-0.15, -0.1) is 0 Å². The highest BCUT2D eigenvalue weighted by Crippen LogP contribution is 2.37. The van der Waals surface area contributed by atoms with Crippen LogP contribution in [0, 0.1) is 5.92 Å². The van der Waals surface area contributed by atoms with Gasteiger partial charge in [-0.3, -0.25) is 19.2 Å². The molecular weight excluding hydrogens is 683 g/mol. The quantitative estimate of drug-likeness (QED) is 0.253. The third kappa shape index (κ3) is 7.94. The fourth-order valence-corrected chi connectivity index (χ4v) is 6.09. The van der Waals surface area contributed by atoms with Gasteiger partial charge >= 0.3 is 6.18 Å². The number of hydrogen-bond donors (Lipinski definition) is 3. The van der Waals surface area contributed by atoms with Crippen LogP contribution in [0.1, 0.15) is 39.5 Å². The van der Waals surface area contributed by atoms with Crippen molar-refractivity contribution in [3.05, 3.63) is 77.1 Å². The van der Waals surface area contributed by atoms with Crippen molar-refractivity contribution >= 4 is 41.5 Å². The van der Waals surface area contributed by atoms with Gasteiger partial charge in [0.05, 0.1) is 28.0 Å². The predicted molar refractivity (Wildman–Crippen MR) is 175 cm³/mol.